The number of fused-ring (bicyclic) bond motifs is 1. The van der Waals surface area contributed by atoms with E-state index in [2.05, 4.69) is 10.2 Å². The summed E-state index contributed by atoms with van der Waals surface area (Å²) in [5, 5.41) is 2.90. The quantitative estimate of drug-likeness (QED) is 0.701. The van der Waals surface area contributed by atoms with Crippen LogP contribution in [0.4, 0.5) is 0 Å². The van der Waals surface area contributed by atoms with Crippen LogP contribution in [0.15, 0.2) is 24.3 Å². The molecule has 7 nitrogen and oxygen atoms in total. The number of likely N-dealkylation sites (tertiary alicyclic amines) is 1. The summed E-state index contributed by atoms with van der Waals surface area (Å²) >= 11 is 0. The molecule has 1 aromatic carbocycles. The predicted molar refractivity (Wildman–Crippen MR) is 103 cm³/mol. The molecule has 0 radical (unpaired) electrons. The van der Waals surface area contributed by atoms with Crippen molar-refractivity contribution in [1.29, 1.82) is 0 Å². The topological polar surface area (TPSA) is 86.8 Å². The summed E-state index contributed by atoms with van der Waals surface area (Å²) in [6.45, 7) is 3.71. The smallest absolute Gasteiger partial charge is 0.255 e. The highest BCUT2D eigenvalue weighted by Gasteiger charge is 2.36. The van der Waals surface area contributed by atoms with Crippen LogP contribution < -0.4 is 5.32 Å². The second kappa shape index (κ2) is 8.39. The van der Waals surface area contributed by atoms with Crippen molar-refractivity contribution in [2.24, 2.45) is 0 Å². The highest BCUT2D eigenvalue weighted by atomic mass is 32.2. The van der Waals surface area contributed by atoms with E-state index in [9.17, 15) is 18.0 Å². The predicted octanol–water partition coefficient (Wildman–Crippen LogP) is 0.658. The van der Waals surface area contributed by atoms with E-state index < -0.39 is 15.9 Å². The van der Waals surface area contributed by atoms with Crippen LogP contribution >= 0.6 is 0 Å². The molecule has 0 bridgehead atoms. The van der Waals surface area contributed by atoms with Crippen LogP contribution in [0.5, 0.6) is 0 Å². The maximum Gasteiger partial charge on any atom is 0.255 e. The van der Waals surface area contributed by atoms with Crippen LogP contribution in [0.1, 0.15) is 35.2 Å². The lowest BCUT2D eigenvalue weighted by Gasteiger charge is -2.27. The van der Waals surface area contributed by atoms with Crippen molar-refractivity contribution in [3.8, 4) is 0 Å². The minimum Gasteiger partial charge on any atom is -0.353 e. The van der Waals surface area contributed by atoms with Crippen molar-refractivity contribution in [1.82, 2.24) is 15.1 Å². The molecule has 1 saturated heterocycles. The molecule has 2 amide bonds. The van der Waals surface area contributed by atoms with Crippen LogP contribution in [0.2, 0.25) is 0 Å². The van der Waals surface area contributed by atoms with Crippen molar-refractivity contribution in [2.45, 2.75) is 31.8 Å². The molecule has 1 N–H and O–H groups in total. The van der Waals surface area contributed by atoms with Crippen molar-refractivity contribution in [3.05, 3.63) is 35.4 Å². The van der Waals surface area contributed by atoms with Crippen LogP contribution in [-0.2, 0) is 21.2 Å². The largest absolute Gasteiger partial charge is 0.353 e. The first-order valence-corrected chi connectivity index (χ1v) is 11.5. The summed E-state index contributed by atoms with van der Waals surface area (Å²) in [6, 6.07) is 6.49. The van der Waals surface area contributed by atoms with Gasteiger partial charge in [-0.3, -0.25) is 9.59 Å². The monoisotopic (exact) mass is 393 g/mol. The zero-order valence-corrected chi connectivity index (χ0v) is 16.5. The van der Waals surface area contributed by atoms with E-state index in [1.807, 2.05) is 12.1 Å². The van der Waals surface area contributed by atoms with Gasteiger partial charge in [0.25, 0.3) is 5.91 Å². The van der Waals surface area contributed by atoms with Gasteiger partial charge in [0, 0.05) is 31.5 Å². The molecule has 0 aromatic heterocycles. The van der Waals surface area contributed by atoms with Crippen LogP contribution in [0.25, 0.3) is 0 Å². The van der Waals surface area contributed by atoms with E-state index in [0.29, 0.717) is 18.7 Å². The molecule has 0 unspecified atom stereocenters. The Morgan fingerprint density at radius 3 is 2.59 bits per heavy atom. The standard InChI is InChI=1S/C19H27N3O4S/c1-27(25,26)13-8-17(18(23)20-9-12-21-10-4-5-11-21)22-14-15-6-2-3-7-16(15)19(22)24/h2-3,6-7,17H,4-5,8-14H2,1H3,(H,20,23)/t17-/m0/s1. The van der Waals surface area contributed by atoms with Gasteiger partial charge in [0.15, 0.2) is 0 Å². The van der Waals surface area contributed by atoms with Gasteiger partial charge >= 0.3 is 0 Å². The second-order valence-corrected chi connectivity index (χ2v) is 9.62. The summed E-state index contributed by atoms with van der Waals surface area (Å²) < 4.78 is 23.2. The number of amides is 2. The lowest BCUT2D eigenvalue weighted by molar-refractivity contribution is -0.125. The van der Waals surface area contributed by atoms with Crippen molar-refractivity contribution < 1.29 is 18.0 Å². The first kappa shape index (κ1) is 19.8. The summed E-state index contributed by atoms with van der Waals surface area (Å²) in [5.74, 6) is -0.616. The molecule has 27 heavy (non-hydrogen) atoms. The zero-order chi connectivity index (χ0) is 19.4. The number of carbonyl (C=O) groups excluding carboxylic acids is 2. The third-order valence-electron chi connectivity index (χ3n) is 5.22. The molecule has 0 spiro atoms. The van der Waals surface area contributed by atoms with Gasteiger partial charge in [-0.2, -0.15) is 0 Å². The number of carbonyl (C=O) groups is 2. The van der Waals surface area contributed by atoms with E-state index in [1.165, 1.54) is 17.7 Å². The van der Waals surface area contributed by atoms with Gasteiger partial charge < -0.3 is 15.1 Å². The molecule has 1 fully saturated rings. The summed E-state index contributed by atoms with van der Waals surface area (Å²) in [6.07, 6.45) is 3.63. The molecule has 1 aromatic rings. The van der Waals surface area contributed by atoms with Gasteiger partial charge in [0.1, 0.15) is 15.9 Å². The maximum atomic E-state index is 12.8. The Morgan fingerprint density at radius 1 is 1.22 bits per heavy atom. The lowest BCUT2D eigenvalue weighted by atomic mass is 10.1. The molecule has 0 saturated carbocycles. The van der Waals surface area contributed by atoms with Gasteiger partial charge in [0.2, 0.25) is 5.91 Å². The first-order valence-electron chi connectivity index (χ1n) is 9.42. The van der Waals surface area contributed by atoms with Crippen molar-refractivity contribution in [2.75, 3.05) is 38.2 Å². The van der Waals surface area contributed by atoms with Gasteiger partial charge in [-0.15, -0.1) is 0 Å². The van der Waals surface area contributed by atoms with E-state index >= 15 is 0 Å². The molecule has 0 aliphatic carbocycles. The van der Waals surface area contributed by atoms with Gasteiger partial charge in [-0.25, -0.2) is 8.42 Å². The molecule has 2 heterocycles. The molecular weight excluding hydrogens is 366 g/mol. The average Bonchev–Trinajstić information content (AvgIpc) is 3.23. The highest BCUT2D eigenvalue weighted by molar-refractivity contribution is 7.90. The fraction of sp³-hybridized carbons (Fsp3) is 0.579. The number of hydrogen-bond donors (Lipinski definition) is 1. The van der Waals surface area contributed by atoms with E-state index in [-0.39, 0.29) is 24.0 Å². The van der Waals surface area contributed by atoms with Gasteiger partial charge in [0.05, 0.1) is 5.75 Å². The maximum absolute atomic E-state index is 12.8. The number of rotatable bonds is 8. The Balaban J connectivity index is 1.67. The van der Waals surface area contributed by atoms with Gasteiger partial charge in [-0.1, -0.05) is 18.2 Å². The number of benzene rings is 1. The number of nitrogens with one attached hydrogen (secondary N) is 1. The molecule has 1 atom stereocenters. The molecule has 2 aliphatic rings. The summed E-state index contributed by atoms with van der Waals surface area (Å²) in [4.78, 5) is 29.3. The third-order valence-corrected chi connectivity index (χ3v) is 6.19. The van der Waals surface area contributed by atoms with Crippen molar-refractivity contribution in [3.63, 3.8) is 0 Å². The highest BCUT2D eigenvalue weighted by Crippen LogP contribution is 2.25. The normalized spacial score (nSPS) is 18.6. The zero-order valence-electron chi connectivity index (χ0n) is 15.7. The fourth-order valence-electron chi connectivity index (χ4n) is 3.74. The Labute approximate surface area is 160 Å². The Hall–Kier alpha value is -1.93. The second-order valence-electron chi connectivity index (χ2n) is 7.36. The van der Waals surface area contributed by atoms with Crippen LogP contribution in [0, 0.1) is 0 Å². The minimum atomic E-state index is -3.23. The van der Waals surface area contributed by atoms with Crippen molar-refractivity contribution >= 4 is 21.7 Å². The molecular formula is C19H27N3O4S. The first-order chi connectivity index (χ1) is 12.8. The lowest BCUT2D eigenvalue weighted by Crippen LogP contribution is -2.49. The Bertz CT molecular complexity index is 803. The average molecular weight is 394 g/mol. The molecule has 3 rings (SSSR count). The fourth-order valence-corrected chi connectivity index (χ4v) is 4.40. The number of sulfone groups is 1. The molecule has 2 aliphatic heterocycles. The SMILES string of the molecule is CS(=O)(=O)CC[C@@H](C(=O)NCCN1CCCC1)N1Cc2ccccc2C1=O. The summed E-state index contributed by atoms with van der Waals surface area (Å²) in [7, 11) is -3.23. The van der Waals surface area contributed by atoms with Crippen LogP contribution in [-0.4, -0.2) is 74.3 Å². The van der Waals surface area contributed by atoms with E-state index in [1.54, 1.807) is 12.1 Å². The minimum absolute atomic E-state index is 0.105. The third kappa shape index (κ3) is 5.07. The van der Waals surface area contributed by atoms with Gasteiger partial charge in [-0.05, 0) is 44.0 Å². The number of nitrogens with zero attached hydrogens (tertiary/aromatic N) is 2. The Kier molecular flexibility index (Phi) is 6.16. The Morgan fingerprint density at radius 2 is 1.93 bits per heavy atom. The molecule has 148 valence electrons. The van der Waals surface area contributed by atoms with E-state index in [4.69, 9.17) is 0 Å². The molecule has 8 heteroatoms. The number of hydrogen-bond acceptors (Lipinski definition) is 5. The van der Waals surface area contributed by atoms with Crippen LogP contribution in [0.3, 0.4) is 0 Å². The summed E-state index contributed by atoms with van der Waals surface area (Å²) in [5.41, 5.74) is 1.46. The van der Waals surface area contributed by atoms with E-state index in [0.717, 1.165) is 31.5 Å².